The molecule has 1 N–H and O–H groups in total. The van der Waals surface area contributed by atoms with Gasteiger partial charge < -0.3 is 14.8 Å². The van der Waals surface area contributed by atoms with E-state index in [0.717, 1.165) is 11.3 Å². The molecular formula is C17H21N3O3. The maximum atomic E-state index is 13.0. The van der Waals surface area contributed by atoms with Crippen molar-refractivity contribution in [2.75, 3.05) is 25.6 Å². The fourth-order valence-corrected chi connectivity index (χ4v) is 3.01. The van der Waals surface area contributed by atoms with E-state index in [1.54, 1.807) is 24.2 Å². The van der Waals surface area contributed by atoms with Crippen LogP contribution in [-0.2, 0) is 22.0 Å². The van der Waals surface area contributed by atoms with Gasteiger partial charge in [0.1, 0.15) is 5.75 Å². The minimum Gasteiger partial charge on any atom is -0.497 e. The van der Waals surface area contributed by atoms with Gasteiger partial charge in [0, 0.05) is 26.5 Å². The van der Waals surface area contributed by atoms with Gasteiger partial charge in [0.15, 0.2) is 0 Å². The molecule has 6 heteroatoms. The summed E-state index contributed by atoms with van der Waals surface area (Å²) in [6.45, 7) is 1.15. The van der Waals surface area contributed by atoms with Crippen molar-refractivity contribution >= 4 is 11.6 Å². The Labute approximate surface area is 135 Å². The summed E-state index contributed by atoms with van der Waals surface area (Å²) in [7, 11) is 3.46. The molecule has 0 radical (unpaired) electrons. The lowest BCUT2D eigenvalue weighted by molar-refractivity contribution is -0.125. The van der Waals surface area contributed by atoms with E-state index in [4.69, 9.17) is 9.47 Å². The first-order chi connectivity index (χ1) is 11.1. The number of carbonyl (C=O) groups excluding carboxylic acids is 1. The predicted molar refractivity (Wildman–Crippen MR) is 86.6 cm³/mol. The average Bonchev–Trinajstić information content (AvgIpc) is 3.00. The van der Waals surface area contributed by atoms with E-state index in [9.17, 15) is 4.79 Å². The van der Waals surface area contributed by atoms with Crippen LogP contribution >= 0.6 is 0 Å². The lowest BCUT2D eigenvalue weighted by atomic mass is 9.73. The zero-order valence-electron chi connectivity index (χ0n) is 13.4. The highest BCUT2D eigenvalue weighted by atomic mass is 16.5. The Morgan fingerprint density at radius 2 is 2.00 bits per heavy atom. The molecule has 1 aromatic heterocycles. The Morgan fingerprint density at radius 1 is 1.30 bits per heavy atom. The first-order valence-corrected chi connectivity index (χ1v) is 7.66. The quantitative estimate of drug-likeness (QED) is 0.938. The number of anilines is 1. The van der Waals surface area contributed by atoms with Crippen LogP contribution in [0.4, 0.5) is 5.69 Å². The number of ether oxygens (including phenoxy) is 2. The second-order valence-corrected chi connectivity index (χ2v) is 5.78. The molecule has 0 saturated carbocycles. The summed E-state index contributed by atoms with van der Waals surface area (Å²) >= 11 is 0. The van der Waals surface area contributed by atoms with E-state index < -0.39 is 5.41 Å². The molecule has 1 saturated heterocycles. The number of hydrogen-bond donors (Lipinski definition) is 1. The molecule has 122 valence electrons. The summed E-state index contributed by atoms with van der Waals surface area (Å²) in [6.07, 6.45) is 4.76. The van der Waals surface area contributed by atoms with Crippen molar-refractivity contribution in [3.05, 3.63) is 42.2 Å². The Balaban J connectivity index is 1.90. The van der Waals surface area contributed by atoms with Gasteiger partial charge in [-0.3, -0.25) is 9.48 Å². The molecule has 6 nitrogen and oxygen atoms in total. The number of methoxy groups -OCH3 is 1. The Morgan fingerprint density at radius 3 is 2.57 bits per heavy atom. The van der Waals surface area contributed by atoms with Gasteiger partial charge in [-0.25, -0.2) is 0 Å². The van der Waals surface area contributed by atoms with Gasteiger partial charge >= 0.3 is 0 Å². The molecule has 0 aliphatic carbocycles. The van der Waals surface area contributed by atoms with Gasteiger partial charge in [-0.2, -0.15) is 5.10 Å². The highest BCUT2D eigenvalue weighted by molar-refractivity contribution is 5.99. The average molecular weight is 315 g/mol. The molecule has 1 fully saturated rings. The van der Waals surface area contributed by atoms with Crippen molar-refractivity contribution in [1.82, 2.24) is 9.78 Å². The normalized spacial score (nSPS) is 16.8. The number of aryl methyl sites for hydroxylation is 1. The zero-order chi connectivity index (χ0) is 16.3. The monoisotopic (exact) mass is 315 g/mol. The smallest absolute Gasteiger partial charge is 0.235 e. The van der Waals surface area contributed by atoms with Crippen molar-refractivity contribution in [3.8, 4) is 5.75 Å². The maximum absolute atomic E-state index is 13.0. The Hall–Kier alpha value is -2.34. The van der Waals surface area contributed by atoms with Crippen LogP contribution in [0.15, 0.2) is 36.7 Å². The summed E-state index contributed by atoms with van der Waals surface area (Å²) in [6, 6.07) is 7.72. The van der Waals surface area contributed by atoms with E-state index in [2.05, 4.69) is 10.4 Å². The molecule has 3 rings (SSSR count). The van der Waals surface area contributed by atoms with Crippen molar-refractivity contribution in [3.63, 3.8) is 0 Å². The Kier molecular flexibility index (Phi) is 4.34. The molecule has 1 aliphatic heterocycles. The summed E-state index contributed by atoms with van der Waals surface area (Å²) in [5, 5.41) is 7.08. The minimum absolute atomic E-state index is 0.0148. The number of hydrogen-bond acceptors (Lipinski definition) is 4. The molecule has 23 heavy (non-hydrogen) atoms. The fraction of sp³-hybridized carbons (Fsp3) is 0.412. The van der Waals surface area contributed by atoms with Crippen LogP contribution in [0.2, 0.25) is 0 Å². The number of benzene rings is 1. The third-order valence-corrected chi connectivity index (χ3v) is 4.39. The number of nitrogens with zero attached hydrogens (tertiary/aromatic N) is 2. The summed E-state index contributed by atoms with van der Waals surface area (Å²) in [4.78, 5) is 13.0. The van der Waals surface area contributed by atoms with Gasteiger partial charge in [-0.1, -0.05) is 12.1 Å². The van der Waals surface area contributed by atoms with E-state index in [1.165, 1.54) is 0 Å². The van der Waals surface area contributed by atoms with Crippen molar-refractivity contribution in [1.29, 1.82) is 0 Å². The zero-order valence-corrected chi connectivity index (χ0v) is 13.4. The van der Waals surface area contributed by atoms with Crippen LogP contribution in [0.5, 0.6) is 5.75 Å². The third-order valence-electron chi connectivity index (χ3n) is 4.39. The van der Waals surface area contributed by atoms with Crippen LogP contribution < -0.4 is 10.1 Å². The molecule has 1 amide bonds. The number of nitrogens with one attached hydrogen (secondary N) is 1. The molecule has 2 aromatic rings. The number of carbonyl (C=O) groups is 1. The lowest BCUT2D eigenvalue weighted by Crippen LogP contribution is -2.44. The van der Waals surface area contributed by atoms with E-state index in [0.29, 0.717) is 31.7 Å². The molecule has 0 bridgehead atoms. The molecular weight excluding hydrogens is 294 g/mol. The van der Waals surface area contributed by atoms with Gasteiger partial charge in [0.25, 0.3) is 0 Å². The van der Waals surface area contributed by atoms with Gasteiger partial charge in [0.2, 0.25) is 5.91 Å². The molecule has 1 aliphatic rings. The largest absolute Gasteiger partial charge is 0.497 e. The first kappa shape index (κ1) is 15.6. The molecule has 0 atom stereocenters. The van der Waals surface area contributed by atoms with E-state index in [-0.39, 0.29) is 5.91 Å². The predicted octanol–water partition coefficient (Wildman–Crippen LogP) is 2.12. The molecule has 2 heterocycles. The second kappa shape index (κ2) is 6.42. The van der Waals surface area contributed by atoms with E-state index >= 15 is 0 Å². The van der Waals surface area contributed by atoms with Crippen LogP contribution in [0, 0.1) is 0 Å². The van der Waals surface area contributed by atoms with Crippen molar-refractivity contribution in [2.24, 2.45) is 7.05 Å². The first-order valence-electron chi connectivity index (χ1n) is 7.66. The van der Waals surface area contributed by atoms with Gasteiger partial charge in [-0.15, -0.1) is 0 Å². The van der Waals surface area contributed by atoms with Crippen LogP contribution in [0.3, 0.4) is 0 Å². The minimum atomic E-state index is -0.583. The second-order valence-electron chi connectivity index (χ2n) is 5.78. The standard InChI is InChI=1S/C17H21N3O3/c1-20-12-14(11-18-20)19-16(21)17(7-9-23-10-8-17)13-3-5-15(22-2)6-4-13/h3-6,11-12H,7-10H2,1-2H3,(H,19,21). The topological polar surface area (TPSA) is 65.4 Å². The third kappa shape index (κ3) is 3.07. The maximum Gasteiger partial charge on any atom is 0.235 e. The van der Waals surface area contributed by atoms with Crippen molar-refractivity contribution < 1.29 is 14.3 Å². The van der Waals surface area contributed by atoms with Crippen LogP contribution in [0.1, 0.15) is 18.4 Å². The lowest BCUT2D eigenvalue weighted by Gasteiger charge is -2.36. The number of aromatic nitrogens is 2. The highest BCUT2D eigenvalue weighted by Crippen LogP contribution is 2.36. The summed E-state index contributed by atoms with van der Waals surface area (Å²) < 4.78 is 12.4. The fourth-order valence-electron chi connectivity index (χ4n) is 3.01. The SMILES string of the molecule is COc1ccc(C2(C(=O)Nc3cnn(C)c3)CCOCC2)cc1. The van der Waals surface area contributed by atoms with E-state index in [1.807, 2.05) is 31.3 Å². The van der Waals surface area contributed by atoms with Gasteiger partial charge in [0.05, 0.1) is 24.4 Å². The Bertz CT molecular complexity index is 673. The number of amides is 1. The van der Waals surface area contributed by atoms with Crippen molar-refractivity contribution in [2.45, 2.75) is 18.3 Å². The van der Waals surface area contributed by atoms with Crippen LogP contribution in [0.25, 0.3) is 0 Å². The van der Waals surface area contributed by atoms with Crippen LogP contribution in [-0.4, -0.2) is 36.0 Å². The summed E-state index contributed by atoms with van der Waals surface area (Å²) in [5.74, 6) is 0.766. The van der Waals surface area contributed by atoms with Gasteiger partial charge in [-0.05, 0) is 30.5 Å². The molecule has 0 unspecified atom stereocenters. The highest BCUT2D eigenvalue weighted by Gasteiger charge is 2.41. The molecule has 1 aromatic carbocycles. The molecule has 0 spiro atoms. The summed E-state index contributed by atoms with van der Waals surface area (Å²) in [5.41, 5.74) is 1.11. The number of rotatable bonds is 4.